The van der Waals surface area contributed by atoms with Gasteiger partial charge in [-0.2, -0.15) is 14.9 Å². The monoisotopic (exact) mass is 362 g/mol. The van der Waals surface area contributed by atoms with Crippen molar-refractivity contribution in [1.29, 1.82) is 0 Å². The maximum absolute atomic E-state index is 6.14. The van der Waals surface area contributed by atoms with Gasteiger partial charge in [0, 0.05) is 12.0 Å². The van der Waals surface area contributed by atoms with E-state index in [1.54, 1.807) is 16.8 Å². The molecule has 0 aliphatic rings. The molecule has 2 rings (SSSR count). The topological polar surface area (TPSA) is 46.0 Å². The van der Waals surface area contributed by atoms with Crippen LogP contribution >= 0.6 is 47.0 Å². The minimum absolute atomic E-state index is 0.359. The third kappa shape index (κ3) is 3.86. The van der Waals surface area contributed by atoms with E-state index in [0.717, 1.165) is 25.1 Å². The Morgan fingerprint density at radius 1 is 1.33 bits per heavy atom. The van der Waals surface area contributed by atoms with Crippen molar-refractivity contribution in [2.75, 3.05) is 0 Å². The molecule has 0 radical (unpaired) electrons. The van der Waals surface area contributed by atoms with Crippen molar-refractivity contribution in [2.45, 2.75) is 26.2 Å². The first-order valence-corrected chi connectivity index (χ1v) is 7.93. The largest absolute Gasteiger partial charge is 0.250 e. The fraction of sp³-hybridized carbons (Fsp3) is 0.308. The Bertz CT molecular complexity index is 721. The highest BCUT2D eigenvalue weighted by Gasteiger charge is 2.09. The molecule has 0 saturated carbocycles. The zero-order chi connectivity index (χ0) is 15.4. The average Bonchev–Trinajstić information content (AvgIpc) is 2.81. The summed E-state index contributed by atoms with van der Waals surface area (Å²) < 4.78 is 1.99. The third-order valence-corrected chi connectivity index (χ3v) is 4.27. The van der Waals surface area contributed by atoms with E-state index >= 15 is 0 Å². The van der Waals surface area contributed by atoms with Gasteiger partial charge in [0.1, 0.15) is 0 Å². The Morgan fingerprint density at radius 3 is 2.76 bits per heavy atom. The first-order valence-electron chi connectivity index (χ1n) is 6.38. The lowest BCUT2D eigenvalue weighted by Crippen LogP contribution is -1.99. The molecule has 0 amide bonds. The number of benzene rings is 1. The summed E-state index contributed by atoms with van der Waals surface area (Å²) in [6.45, 7) is 2.11. The number of unbranched alkanes of at least 4 members (excludes halogenated alkanes) is 1. The predicted octanol–water partition coefficient (Wildman–Crippen LogP) is 5.13. The first-order chi connectivity index (χ1) is 10.0. The maximum atomic E-state index is 6.14. The second-order valence-corrected chi connectivity index (χ2v) is 5.94. The van der Waals surface area contributed by atoms with Crippen LogP contribution in [0.3, 0.4) is 0 Å². The van der Waals surface area contributed by atoms with E-state index in [1.165, 1.54) is 6.21 Å². The number of aromatic nitrogens is 3. The van der Waals surface area contributed by atoms with Gasteiger partial charge >= 0.3 is 0 Å². The van der Waals surface area contributed by atoms with E-state index in [2.05, 4.69) is 22.2 Å². The van der Waals surface area contributed by atoms with E-state index < -0.39 is 0 Å². The van der Waals surface area contributed by atoms with Gasteiger partial charge < -0.3 is 0 Å². The Morgan fingerprint density at radius 2 is 2.05 bits per heavy atom. The van der Waals surface area contributed by atoms with Crippen molar-refractivity contribution in [2.24, 2.45) is 5.10 Å². The summed E-state index contributed by atoms with van der Waals surface area (Å²) >= 11 is 23.4. The molecule has 0 bridgehead atoms. The molecule has 8 heteroatoms. The minimum Gasteiger partial charge on any atom is -0.250 e. The fourth-order valence-corrected chi connectivity index (χ4v) is 2.55. The molecule has 4 nitrogen and oxygen atoms in total. The number of nitrogens with zero attached hydrogens (tertiary/aromatic N) is 3. The van der Waals surface area contributed by atoms with Crippen molar-refractivity contribution < 1.29 is 0 Å². The Balaban J connectivity index is 2.36. The van der Waals surface area contributed by atoms with E-state index in [9.17, 15) is 0 Å². The van der Waals surface area contributed by atoms with Crippen LogP contribution in [-0.2, 0) is 6.42 Å². The lowest BCUT2D eigenvalue weighted by molar-refractivity contribution is 0.700. The molecule has 1 N–H and O–H groups in total. The number of rotatable bonds is 5. The van der Waals surface area contributed by atoms with Crippen LogP contribution in [0.15, 0.2) is 17.2 Å². The molecule has 0 aliphatic carbocycles. The molecular formula is C13H13Cl3N4S. The quantitative estimate of drug-likeness (QED) is 0.455. The van der Waals surface area contributed by atoms with Gasteiger partial charge in [0.25, 0.3) is 0 Å². The molecule has 1 aromatic heterocycles. The lowest BCUT2D eigenvalue weighted by Gasteiger charge is -2.04. The third-order valence-electron chi connectivity index (χ3n) is 2.85. The molecule has 0 fully saturated rings. The summed E-state index contributed by atoms with van der Waals surface area (Å²) in [7, 11) is 0. The second-order valence-electron chi connectivity index (χ2n) is 4.36. The predicted molar refractivity (Wildman–Crippen MR) is 90.5 cm³/mol. The van der Waals surface area contributed by atoms with Crippen molar-refractivity contribution in [3.05, 3.63) is 43.4 Å². The lowest BCUT2D eigenvalue weighted by atomic mass is 10.2. The Labute approximate surface area is 142 Å². The number of hydrogen-bond acceptors (Lipinski definition) is 3. The standard InChI is InChI=1S/C13H13Cl3N4S/c1-2-3-4-11-18-19-13(21)20(11)17-7-8-9(14)5-6-10(15)12(8)16/h5-7H,2-4H2,1H3,(H,19,21)/b17-7+. The molecule has 2 aromatic rings. The van der Waals surface area contributed by atoms with Gasteiger partial charge in [-0.05, 0) is 30.8 Å². The second kappa shape index (κ2) is 7.40. The number of aryl methyl sites for hydroxylation is 1. The number of halogens is 3. The average molecular weight is 364 g/mol. The molecular weight excluding hydrogens is 351 g/mol. The zero-order valence-corrected chi connectivity index (χ0v) is 14.3. The Hall–Kier alpha value is -0.880. The van der Waals surface area contributed by atoms with Gasteiger partial charge in [0.05, 0.1) is 21.3 Å². The first kappa shape index (κ1) is 16.5. The summed E-state index contributed by atoms with van der Waals surface area (Å²) in [6, 6.07) is 3.31. The van der Waals surface area contributed by atoms with E-state index in [4.69, 9.17) is 47.0 Å². The fourth-order valence-electron chi connectivity index (χ4n) is 1.72. The van der Waals surface area contributed by atoms with Crippen LogP contribution < -0.4 is 0 Å². The van der Waals surface area contributed by atoms with Crippen molar-refractivity contribution in [1.82, 2.24) is 14.9 Å². The molecule has 0 unspecified atom stereocenters. The van der Waals surface area contributed by atoms with Gasteiger partial charge in [-0.3, -0.25) is 5.10 Å². The van der Waals surface area contributed by atoms with E-state index in [0.29, 0.717) is 25.4 Å². The van der Waals surface area contributed by atoms with E-state index in [1.807, 2.05) is 0 Å². The van der Waals surface area contributed by atoms with Gasteiger partial charge in [0.2, 0.25) is 4.77 Å². The summed E-state index contributed by atoms with van der Waals surface area (Å²) in [5.41, 5.74) is 0.551. The summed E-state index contributed by atoms with van der Waals surface area (Å²) in [6.07, 6.45) is 4.40. The zero-order valence-electron chi connectivity index (χ0n) is 11.2. The van der Waals surface area contributed by atoms with Gasteiger partial charge in [-0.1, -0.05) is 48.1 Å². The number of nitrogens with one attached hydrogen (secondary N) is 1. The van der Waals surface area contributed by atoms with Crippen molar-refractivity contribution in [3.8, 4) is 0 Å². The number of hydrogen-bond donors (Lipinski definition) is 1. The summed E-state index contributed by atoms with van der Waals surface area (Å²) in [5.74, 6) is 0.771. The van der Waals surface area contributed by atoms with Crippen LogP contribution in [0, 0.1) is 4.77 Å². The minimum atomic E-state index is 0.359. The normalized spacial score (nSPS) is 11.4. The van der Waals surface area contributed by atoms with E-state index in [-0.39, 0.29) is 0 Å². The maximum Gasteiger partial charge on any atom is 0.216 e. The van der Waals surface area contributed by atoms with Gasteiger partial charge in [0.15, 0.2) is 5.82 Å². The van der Waals surface area contributed by atoms with Crippen LogP contribution in [0.4, 0.5) is 0 Å². The number of H-pyrrole nitrogens is 1. The molecule has 0 aliphatic heterocycles. The van der Waals surface area contributed by atoms with Crippen LogP contribution in [0.25, 0.3) is 0 Å². The Kier molecular flexibility index (Phi) is 5.81. The molecule has 21 heavy (non-hydrogen) atoms. The SMILES string of the molecule is CCCCc1n[nH]c(=S)n1/N=C/c1c(Cl)ccc(Cl)c1Cl. The molecule has 112 valence electrons. The molecule has 1 aromatic carbocycles. The molecule has 0 atom stereocenters. The van der Waals surface area contributed by atoms with Crippen LogP contribution in [0.2, 0.25) is 15.1 Å². The van der Waals surface area contributed by atoms with Crippen molar-refractivity contribution >= 4 is 53.2 Å². The van der Waals surface area contributed by atoms with Gasteiger partial charge in [-0.25, -0.2) is 0 Å². The molecule has 1 heterocycles. The van der Waals surface area contributed by atoms with Crippen LogP contribution in [0.5, 0.6) is 0 Å². The molecule has 0 saturated heterocycles. The van der Waals surface area contributed by atoms with Crippen molar-refractivity contribution in [3.63, 3.8) is 0 Å². The van der Waals surface area contributed by atoms with Crippen LogP contribution in [-0.4, -0.2) is 21.1 Å². The smallest absolute Gasteiger partial charge is 0.216 e. The summed E-state index contributed by atoms with van der Waals surface area (Å²) in [5, 5.41) is 12.5. The highest BCUT2D eigenvalue weighted by atomic mass is 35.5. The highest BCUT2D eigenvalue weighted by molar-refractivity contribution is 7.71. The number of aromatic amines is 1. The van der Waals surface area contributed by atoms with Gasteiger partial charge in [-0.15, -0.1) is 0 Å². The summed E-state index contributed by atoms with van der Waals surface area (Å²) in [4.78, 5) is 0. The highest BCUT2D eigenvalue weighted by Crippen LogP contribution is 2.30. The van der Waals surface area contributed by atoms with Crippen LogP contribution in [0.1, 0.15) is 31.2 Å². The molecule has 0 spiro atoms.